The molecule has 4 unspecified atom stereocenters. The van der Waals surface area contributed by atoms with Crippen molar-refractivity contribution in [2.75, 3.05) is 0 Å². The highest BCUT2D eigenvalue weighted by atomic mass is 14.6. The summed E-state index contributed by atoms with van der Waals surface area (Å²) in [6.45, 7) is 15.2. The molecule has 4 rings (SSSR count). The van der Waals surface area contributed by atoms with Crippen LogP contribution in [-0.4, -0.2) is 0 Å². The fourth-order valence-corrected chi connectivity index (χ4v) is 11.6. The monoisotopic (exact) mass is 595 g/mol. The molecule has 8 atom stereocenters. The first-order valence-electron chi connectivity index (χ1n) is 20.5. The second kappa shape index (κ2) is 17.6. The van der Waals surface area contributed by atoms with Crippen molar-refractivity contribution in [3.05, 3.63) is 11.6 Å². The first kappa shape index (κ1) is 35.6. The van der Waals surface area contributed by atoms with E-state index < -0.39 is 0 Å². The van der Waals surface area contributed by atoms with Crippen molar-refractivity contribution in [3.63, 3.8) is 0 Å². The van der Waals surface area contributed by atoms with Gasteiger partial charge in [0.25, 0.3) is 0 Å². The minimum atomic E-state index is 0.539. The van der Waals surface area contributed by atoms with E-state index in [1.807, 2.05) is 5.57 Å². The second-order valence-electron chi connectivity index (χ2n) is 17.8. The zero-order valence-electron chi connectivity index (χ0n) is 30.5. The van der Waals surface area contributed by atoms with E-state index in [0.29, 0.717) is 10.8 Å². The van der Waals surface area contributed by atoms with Gasteiger partial charge in [0.05, 0.1) is 0 Å². The number of allylic oxidation sites excluding steroid dienone is 2. The molecule has 3 saturated carbocycles. The molecule has 0 spiro atoms. The molecule has 0 saturated heterocycles. The molecule has 4 aliphatic rings. The third-order valence-corrected chi connectivity index (χ3v) is 14.4. The average Bonchev–Trinajstić information content (AvgIpc) is 3.34. The second-order valence-corrected chi connectivity index (χ2v) is 17.8. The third-order valence-electron chi connectivity index (χ3n) is 14.4. The van der Waals surface area contributed by atoms with Gasteiger partial charge in [0.2, 0.25) is 0 Å². The van der Waals surface area contributed by atoms with Gasteiger partial charge in [-0.05, 0) is 104 Å². The minimum Gasteiger partial charge on any atom is -0.0845 e. The van der Waals surface area contributed by atoms with Crippen molar-refractivity contribution in [2.45, 2.75) is 208 Å². The molecule has 0 heteroatoms. The van der Waals surface area contributed by atoms with Crippen molar-refractivity contribution in [2.24, 2.45) is 52.3 Å². The summed E-state index contributed by atoms with van der Waals surface area (Å²) in [6.07, 6.45) is 41.4. The van der Waals surface area contributed by atoms with E-state index >= 15 is 0 Å². The lowest BCUT2D eigenvalue weighted by Crippen LogP contribution is -2.50. The number of unbranched alkanes of at least 4 members (excludes halogenated alkanes) is 13. The average molecular weight is 595 g/mol. The molecule has 0 aromatic heterocycles. The van der Waals surface area contributed by atoms with Crippen LogP contribution >= 0.6 is 0 Å². The summed E-state index contributed by atoms with van der Waals surface area (Å²) >= 11 is 0. The molecular weight excluding hydrogens is 516 g/mol. The quantitative estimate of drug-likeness (QED) is 0.0971. The fourth-order valence-electron chi connectivity index (χ4n) is 11.6. The van der Waals surface area contributed by atoms with Crippen LogP contribution in [0.25, 0.3) is 0 Å². The van der Waals surface area contributed by atoms with E-state index in [1.165, 1.54) is 167 Å². The number of rotatable bonds is 20. The van der Waals surface area contributed by atoms with E-state index in [-0.39, 0.29) is 0 Å². The summed E-state index contributed by atoms with van der Waals surface area (Å²) < 4.78 is 0. The van der Waals surface area contributed by atoms with E-state index in [0.717, 1.165) is 41.4 Å². The van der Waals surface area contributed by atoms with Gasteiger partial charge in [0.1, 0.15) is 0 Å². The Balaban J connectivity index is 1.13. The normalized spacial score (nSPS) is 34.5. The van der Waals surface area contributed by atoms with E-state index in [4.69, 9.17) is 0 Å². The van der Waals surface area contributed by atoms with Crippen LogP contribution in [-0.2, 0) is 0 Å². The molecule has 0 bridgehead atoms. The van der Waals surface area contributed by atoms with Gasteiger partial charge < -0.3 is 0 Å². The summed E-state index contributed by atoms with van der Waals surface area (Å²) in [6, 6.07) is 0. The number of hydrogen-bond acceptors (Lipinski definition) is 0. The third kappa shape index (κ3) is 9.40. The fraction of sp³-hybridized carbons (Fsp3) is 0.953. The Morgan fingerprint density at radius 3 is 1.93 bits per heavy atom. The molecule has 0 aromatic carbocycles. The van der Waals surface area contributed by atoms with Crippen molar-refractivity contribution in [1.29, 1.82) is 0 Å². The van der Waals surface area contributed by atoms with Gasteiger partial charge in [0, 0.05) is 0 Å². The van der Waals surface area contributed by atoms with Crippen molar-refractivity contribution >= 4 is 0 Å². The zero-order valence-corrected chi connectivity index (χ0v) is 30.5. The first-order chi connectivity index (χ1) is 20.8. The highest BCUT2D eigenvalue weighted by Gasteiger charge is 2.59. The molecule has 3 fully saturated rings. The molecule has 0 aliphatic heterocycles. The van der Waals surface area contributed by atoms with Crippen LogP contribution in [0.15, 0.2) is 11.6 Å². The van der Waals surface area contributed by atoms with Crippen molar-refractivity contribution < 1.29 is 0 Å². The van der Waals surface area contributed by atoms with Crippen molar-refractivity contribution in [1.82, 2.24) is 0 Å². The summed E-state index contributed by atoms with van der Waals surface area (Å²) in [7, 11) is 0. The predicted molar refractivity (Wildman–Crippen MR) is 191 cm³/mol. The topological polar surface area (TPSA) is 0 Å². The van der Waals surface area contributed by atoms with Gasteiger partial charge >= 0.3 is 0 Å². The standard InChI is InChI=1S/C43H78/c1-7-8-9-10-11-12-13-14-15-16-17-18-19-20-24-36-29-31-42(5)37(33-36)25-26-38-40-28-27-39(35(4)23-21-22-34(2)3)43(40,6)32-30-41(38)42/h25,34-36,38-41H,7-24,26-33H2,1-6H3/t35-,36?,38?,39-,40?,41?,42+,43-/m1/s1. The maximum absolute atomic E-state index is 2.84. The Labute approximate surface area is 271 Å². The van der Waals surface area contributed by atoms with Crippen LogP contribution in [0.2, 0.25) is 0 Å². The minimum absolute atomic E-state index is 0.539. The van der Waals surface area contributed by atoms with Gasteiger partial charge in [-0.1, -0.05) is 169 Å². The molecular formula is C43H78. The van der Waals surface area contributed by atoms with E-state index in [1.54, 1.807) is 0 Å². The van der Waals surface area contributed by atoms with E-state index in [2.05, 4.69) is 47.6 Å². The Kier molecular flexibility index (Phi) is 14.6. The smallest absolute Gasteiger partial charge is 0.00851 e. The largest absolute Gasteiger partial charge is 0.0845 e. The molecule has 0 aromatic rings. The Hall–Kier alpha value is -0.260. The van der Waals surface area contributed by atoms with Crippen LogP contribution in [0, 0.1) is 52.3 Å². The molecule has 0 N–H and O–H groups in total. The molecule has 4 aliphatic carbocycles. The number of hydrogen-bond donors (Lipinski definition) is 0. The highest BCUT2D eigenvalue weighted by molar-refractivity contribution is 5.25. The van der Waals surface area contributed by atoms with Crippen LogP contribution < -0.4 is 0 Å². The summed E-state index contributed by atoms with van der Waals surface area (Å²) in [5, 5.41) is 0. The van der Waals surface area contributed by atoms with Crippen LogP contribution in [0.5, 0.6) is 0 Å². The lowest BCUT2D eigenvalue weighted by atomic mass is 9.46. The van der Waals surface area contributed by atoms with Crippen LogP contribution in [0.1, 0.15) is 208 Å². The highest BCUT2D eigenvalue weighted by Crippen LogP contribution is 2.67. The summed E-state index contributed by atoms with van der Waals surface area (Å²) in [5.74, 6) is 6.76. The van der Waals surface area contributed by atoms with Crippen molar-refractivity contribution in [3.8, 4) is 0 Å². The lowest BCUT2D eigenvalue weighted by Gasteiger charge is -2.58. The molecule has 0 nitrogen and oxygen atoms in total. The molecule has 0 amide bonds. The molecule has 250 valence electrons. The van der Waals surface area contributed by atoms with Gasteiger partial charge in [-0.2, -0.15) is 0 Å². The SMILES string of the molecule is CCCCCCCCCCCCCCCCC1CC[C@@]2(C)C(=CCC3C2CC[C@@]2(C)C3CC[C@@H]2[C@H](C)CCCC(C)C)C1. The van der Waals surface area contributed by atoms with Gasteiger partial charge in [-0.15, -0.1) is 0 Å². The molecule has 0 heterocycles. The Morgan fingerprint density at radius 2 is 1.30 bits per heavy atom. The maximum atomic E-state index is 2.84. The van der Waals surface area contributed by atoms with Gasteiger partial charge in [-0.3, -0.25) is 0 Å². The van der Waals surface area contributed by atoms with Gasteiger partial charge in [-0.25, -0.2) is 0 Å². The maximum Gasteiger partial charge on any atom is -0.00851 e. The van der Waals surface area contributed by atoms with E-state index in [9.17, 15) is 0 Å². The Bertz CT molecular complexity index is 805. The lowest BCUT2D eigenvalue weighted by molar-refractivity contribution is -0.0529. The predicted octanol–water partition coefficient (Wildman–Crippen LogP) is 14.5. The molecule has 0 radical (unpaired) electrons. The molecule has 43 heavy (non-hydrogen) atoms. The zero-order chi connectivity index (χ0) is 30.7. The summed E-state index contributed by atoms with van der Waals surface area (Å²) in [5.41, 5.74) is 3.10. The van der Waals surface area contributed by atoms with Crippen LogP contribution in [0.4, 0.5) is 0 Å². The summed E-state index contributed by atoms with van der Waals surface area (Å²) in [4.78, 5) is 0. The number of fused-ring (bicyclic) bond motifs is 5. The van der Waals surface area contributed by atoms with Crippen LogP contribution in [0.3, 0.4) is 0 Å². The Morgan fingerprint density at radius 1 is 0.674 bits per heavy atom. The first-order valence-corrected chi connectivity index (χ1v) is 20.5. The van der Waals surface area contributed by atoms with Gasteiger partial charge in [0.15, 0.2) is 0 Å².